The van der Waals surface area contributed by atoms with Crippen molar-refractivity contribution >= 4 is 12.2 Å². The third-order valence-corrected chi connectivity index (χ3v) is 1.67. The molecule has 0 heterocycles. The van der Waals surface area contributed by atoms with Crippen LogP contribution in [0.3, 0.4) is 0 Å². The van der Waals surface area contributed by atoms with E-state index in [1.807, 2.05) is 30.3 Å². The predicted molar refractivity (Wildman–Crippen MR) is 58.4 cm³/mol. The van der Waals surface area contributed by atoms with Crippen LogP contribution in [0.2, 0.25) is 0 Å². The van der Waals surface area contributed by atoms with Crippen LogP contribution >= 0.6 is 0 Å². The van der Waals surface area contributed by atoms with Crippen LogP contribution in [0.15, 0.2) is 35.4 Å². The molecule has 4 nitrogen and oxygen atoms in total. The number of carbonyl (C=O) groups excluding carboxylic acids is 1. The van der Waals surface area contributed by atoms with E-state index in [0.29, 0.717) is 6.54 Å². The van der Waals surface area contributed by atoms with Gasteiger partial charge in [-0.05, 0) is 5.56 Å². The van der Waals surface area contributed by atoms with Gasteiger partial charge in [-0.2, -0.15) is 5.10 Å². The number of hydrogen-bond acceptors (Lipinski definition) is 4. The Labute approximate surface area is 88.9 Å². The highest BCUT2D eigenvalue weighted by atomic mass is 16.5. The molecule has 4 heteroatoms. The summed E-state index contributed by atoms with van der Waals surface area (Å²) >= 11 is 0. The van der Waals surface area contributed by atoms with Crippen LogP contribution in [-0.4, -0.2) is 18.8 Å². The number of esters is 1. The summed E-state index contributed by atoms with van der Waals surface area (Å²) in [7, 11) is 0. The molecule has 0 aromatic heterocycles. The Hall–Kier alpha value is -1.84. The van der Waals surface area contributed by atoms with Crippen LogP contribution in [-0.2, 0) is 16.1 Å². The number of hydrazone groups is 1. The van der Waals surface area contributed by atoms with E-state index >= 15 is 0 Å². The number of nitrogens with zero attached hydrogens (tertiary/aromatic N) is 1. The zero-order valence-electron chi connectivity index (χ0n) is 8.64. The highest BCUT2D eigenvalue weighted by molar-refractivity contribution is 5.69. The second-order valence-electron chi connectivity index (χ2n) is 2.93. The predicted octanol–water partition coefficient (Wildman–Crippen LogP) is 1.33. The first-order chi connectivity index (χ1) is 7.29. The van der Waals surface area contributed by atoms with E-state index in [0.717, 1.165) is 5.56 Å². The summed E-state index contributed by atoms with van der Waals surface area (Å²) in [6.45, 7) is 2.24. The maximum Gasteiger partial charge on any atom is 0.302 e. The molecule has 0 atom stereocenters. The van der Waals surface area contributed by atoms with Gasteiger partial charge in [0, 0.05) is 6.92 Å². The van der Waals surface area contributed by atoms with Gasteiger partial charge in [0.1, 0.15) is 6.61 Å². The summed E-state index contributed by atoms with van der Waals surface area (Å²) in [6, 6.07) is 9.93. The SMILES string of the molecule is CC(=O)OCC=NNCc1ccccc1. The lowest BCUT2D eigenvalue weighted by Crippen LogP contribution is -2.08. The molecule has 1 N–H and O–H groups in total. The average Bonchev–Trinajstić information content (AvgIpc) is 2.24. The number of carbonyl (C=O) groups is 1. The second kappa shape index (κ2) is 6.59. The van der Waals surface area contributed by atoms with E-state index in [1.54, 1.807) is 0 Å². The van der Waals surface area contributed by atoms with E-state index < -0.39 is 0 Å². The number of ether oxygens (including phenoxy) is 1. The number of nitrogens with one attached hydrogen (secondary N) is 1. The molecule has 0 saturated carbocycles. The van der Waals surface area contributed by atoms with Gasteiger partial charge in [0.25, 0.3) is 0 Å². The van der Waals surface area contributed by atoms with Crippen molar-refractivity contribution in [3.63, 3.8) is 0 Å². The zero-order chi connectivity index (χ0) is 10.9. The molecule has 80 valence electrons. The first kappa shape index (κ1) is 11.2. The van der Waals surface area contributed by atoms with Crippen molar-refractivity contribution in [3.05, 3.63) is 35.9 Å². The maximum atomic E-state index is 10.4. The minimum Gasteiger partial charge on any atom is -0.460 e. The third-order valence-electron chi connectivity index (χ3n) is 1.67. The van der Waals surface area contributed by atoms with Crippen LogP contribution in [0.4, 0.5) is 0 Å². The number of benzene rings is 1. The molecule has 1 aromatic carbocycles. The van der Waals surface area contributed by atoms with E-state index in [1.165, 1.54) is 13.1 Å². The largest absolute Gasteiger partial charge is 0.460 e. The first-order valence-electron chi connectivity index (χ1n) is 4.70. The monoisotopic (exact) mass is 206 g/mol. The van der Waals surface area contributed by atoms with Crippen molar-refractivity contribution in [2.24, 2.45) is 5.10 Å². The second-order valence-corrected chi connectivity index (χ2v) is 2.93. The molecule has 1 rings (SSSR count). The van der Waals surface area contributed by atoms with Crippen molar-refractivity contribution < 1.29 is 9.53 Å². The Morgan fingerprint density at radius 3 is 2.87 bits per heavy atom. The molecular formula is C11H14N2O2. The Balaban J connectivity index is 2.14. The molecular weight excluding hydrogens is 192 g/mol. The zero-order valence-corrected chi connectivity index (χ0v) is 8.64. The van der Waals surface area contributed by atoms with Gasteiger partial charge in [-0.15, -0.1) is 0 Å². The molecule has 15 heavy (non-hydrogen) atoms. The molecule has 0 aliphatic rings. The van der Waals surface area contributed by atoms with Crippen LogP contribution < -0.4 is 5.43 Å². The molecule has 0 aliphatic heterocycles. The van der Waals surface area contributed by atoms with Crippen molar-refractivity contribution in [1.82, 2.24) is 5.43 Å². The van der Waals surface area contributed by atoms with Gasteiger partial charge in [-0.3, -0.25) is 4.79 Å². The van der Waals surface area contributed by atoms with Gasteiger partial charge < -0.3 is 10.2 Å². The minimum absolute atomic E-state index is 0.205. The number of rotatable bonds is 5. The van der Waals surface area contributed by atoms with Crippen molar-refractivity contribution in [3.8, 4) is 0 Å². The summed E-state index contributed by atoms with van der Waals surface area (Å²) in [5.41, 5.74) is 4.01. The molecule has 1 aromatic rings. The Bertz CT molecular complexity index is 323. The highest BCUT2D eigenvalue weighted by Gasteiger charge is 1.88. The normalized spacial score (nSPS) is 10.2. The lowest BCUT2D eigenvalue weighted by atomic mass is 10.2. The van der Waals surface area contributed by atoms with Crippen LogP contribution in [0.5, 0.6) is 0 Å². The van der Waals surface area contributed by atoms with Gasteiger partial charge in [0.05, 0.1) is 12.8 Å². The summed E-state index contributed by atoms with van der Waals surface area (Å²) in [6.07, 6.45) is 1.52. The third kappa shape index (κ3) is 5.46. The molecule has 0 saturated heterocycles. The van der Waals surface area contributed by atoms with Crippen molar-refractivity contribution in [2.75, 3.05) is 6.61 Å². The van der Waals surface area contributed by atoms with Crippen LogP contribution in [0.1, 0.15) is 12.5 Å². The fraction of sp³-hybridized carbons (Fsp3) is 0.273. The highest BCUT2D eigenvalue weighted by Crippen LogP contribution is 1.96. The lowest BCUT2D eigenvalue weighted by molar-refractivity contribution is -0.139. The molecule has 0 bridgehead atoms. The Morgan fingerprint density at radius 1 is 1.47 bits per heavy atom. The molecule has 0 spiro atoms. The minimum atomic E-state index is -0.301. The van der Waals surface area contributed by atoms with E-state index in [9.17, 15) is 4.79 Å². The van der Waals surface area contributed by atoms with Crippen molar-refractivity contribution in [1.29, 1.82) is 0 Å². The van der Waals surface area contributed by atoms with E-state index in [-0.39, 0.29) is 12.6 Å². The maximum absolute atomic E-state index is 10.4. The Kier molecular flexibility index (Phi) is 4.94. The van der Waals surface area contributed by atoms with Crippen LogP contribution in [0.25, 0.3) is 0 Å². The Morgan fingerprint density at radius 2 is 2.20 bits per heavy atom. The van der Waals surface area contributed by atoms with Gasteiger partial charge in [0.2, 0.25) is 0 Å². The standard InChI is InChI=1S/C11H14N2O2/c1-10(14)15-8-7-12-13-9-11-5-3-2-4-6-11/h2-7,13H,8-9H2,1H3. The van der Waals surface area contributed by atoms with E-state index in [2.05, 4.69) is 15.3 Å². The van der Waals surface area contributed by atoms with Crippen molar-refractivity contribution in [2.45, 2.75) is 13.5 Å². The summed E-state index contributed by atoms with van der Waals surface area (Å²) < 4.78 is 4.67. The average molecular weight is 206 g/mol. The quantitative estimate of drug-likeness (QED) is 0.449. The van der Waals surface area contributed by atoms with Gasteiger partial charge >= 0.3 is 5.97 Å². The first-order valence-corrected chi connectivity index (χ1v) is 4.70. The smallest absolute Gasteiger partial charge is 0.302 e. The van der Waals surface area contributed by atoms with Gasteiger partial charge in [-0.1, -0.05) is 30.3 Å². The van der Waals surface area contributed by atoms with Gasteiger partial charge in [0.15, 0.2) is 0 Å². The summed E-state index contributed by atoms with van der Waals surface area (Å²) in [5.74, 6) is -0.301. The lowest BCUT2D eigenvalue weighted by Gasteiger charge is -1.99. The molecule has 0 unspecified atom stereocenters. The molecule has 0 amide bonds. The number of hydrogen-bond donors (Lipinski definition) is 1. The topological polar surface area (TPSA) is 50.7 Å². The fourth-order valence-electron chi connectivity index (χ4n) is 0.989. The van der Waals surface area contributed by atoms with Crippen LogP contribution in [0, 0.1) is 0 Å². The fourth-order valence-corrected chi connectivity index (χ4v) is 0.989. The molecule has 0 aliphatic carbocycles. The molecule has 0 fully saturated rings. The summed E-state index contributed by atoms with van der Waals surface area (Å²) in [5, 5.41) is 3.89. The summed E-state index contributed by atoms with van der Waals surface area (Å²) in [4.78, 5) is 10.4. The van der Waals surface area contributed by atoms with Gasteiger partial charge in [-0.25, -0.2) is 0 Å². The van der Waals surface area contributed by atoms with E-state index in [4.69, 9.17) is 0 Å². The molecule has 0 radical (unpaired) electrons.